The smallest absolute Gasteiger partial charge is 0.0410 e. The van der Waals surface area contributed by atoms with E-state index >= 15 is 0 Å². The summed E-state index contributed by atoms with van der Waals surface area (Å²) in [6, 6.07) is 19.9. The van der Waals surface area contributed by atoms with Gasteiger partial charge in [0, 0.05) is 11.4 Å². The van der Waals surface area contributed by atoms with E-state index < -0.39 is 0 Å². The van der Waals surface area contributed by atoms with Gasteiger partial charge in [-0.25, -0.2) is 0 Å². The van der Waals surface area contributed by atoms with Crippen LogP contribution in [-0.2, 0) is 25.7 Å². The minimum absolute atomic E-state index is 1.02. The van der Waals surface area contributed by atoms with Crippen molar-refractivity contribution in [2.45, 2.75) is 25.7 Å². The Morgan fingerprint density at radius 2 is 1.05 bits per heavy atom. The van der Waals surface area contributed by atoms with Crippen molar-refractivity contribution in [2.75, 3.05) is 0 Å². The molecule has 1 aromatic heterocycles. The zero-order chi connectivity index (χ0) is 13.4. The molecule has 6 bridgehead atoms. The molecule has 0 N–H and O–H groups in total. The van der Waals surface area contributed by atoms with Crippen LogP contribution in [0.3, 0.4) is 0 Å². The SMILES string of the molecule is c1cc2nc(c1)CCc1cccc3c(cccc13)CC2. The standard InChI is InChI=1S/C19H17N/c1-4-14-10-12-16-6-3-7-17(20-16)13-11-15-5-2-9-19(14)18(15)8-1/h1-9H,10-13H2. The van der Waals surface area contributed by atoms with Gasteiger partial charge in [0.25, 0.3) is 0 Å². The number of benzene rings is 2. The second-order valence-corrected chi connectivity index (χ2v) is 5.55. The van der Waals surface area contributed by atoms with Crippen LogP contribution in [-0.4, -0.2) is 4.98 Å². The summed E-state index contributed by atoms with van der Waals surface area (Å²) in [7, 11) is 0. The van der Waals surface area contributed by atoms with Crippen molar-refractivity contribution < 1.29 is 0 Å². The third kappa shape index (κ3) is 2.00. The van der Waals surface area contributed by atoms with Crippen molar-refractivity contribution in [1.82, 2.24) is 4.98 Å². The first-order valence-electron chi connectivity index (χ1n) is 7.34. The second kappa shape index (κ2) is 4.75. The van der Waals surface area contributed by atoms with Gasteiger partial charge in [0.15, 0.2) is 0 Å². The minimum Gasteiger partial charge on any atom is -0.258 e. The first kappa shape index (κ1) is 11.7. The molecule has 0 unspecified atom stereocenters. The Kier molecular flexibility index (Phi) is 2.77. The molecule has 0 fully saturated rings. The van der Waals surface area contributed by atoms with E-state index in [-0.39, 0.29) is 0 Å². The van der Waals surface area contributed by atoms with Gasteiger partial charge in [0.05, 0.1) is 0 Å². The van der Waals surface area contributed by atoms with Crippen molar-refractivity contribution >= 4 is 10.8 Å². The number of aryl methyl sites for hydroxylation is 4. The fourth-order valence-electron chi connectivity index (χ4n) is 3.21. The zero-order valence-corrected chi connectivity index (χ0v) is 11.5. The maximum Gasteiger partial charge on any atom is 0.0410 e. The van der Waals surface area contributed by atoms with Gasteiger partial charge >= 0.3 is 0 Å². The van der Waals surface area contributed by atoms with Crippen LogP contribution in [0, 0.1) is 0 Å². The molecule has 1 aliphatic heterocycles. The number of rotatable bonds is 0. The van der Waals surface area contributed by atoms with E-state index in [1.165, 1.54) is 33.3 Å². The summed E-state index contributed by atoms with van der Waals surface area (Å²) in [6.45, 7) is 0. The van der Waals surface area contributed by atoms with Crippen LogP contribution in [0.2, 0.25) is 0 Å². The van der Waals surface area contributed by atoms with E-state index in [0.29, 0.717) is 0 Å². The lowest BCUT2D eigenvalue weighted by atomic mass is 9.95. The lowest BCUT2D eigenvalue weighted by Crippen LogP contribution is -1.98. The number of pyridine rings is 1. The predicted molar refractivity (Wildman–Crippen MR) is 83.0 cm³/mol. The fraction of sp³-hybridized carbons (Fsp3) is 0.211. The maximum absolute atomic E-state index is 4.79. The molecule has 98 valence electrons. The molecule has 1 aliphatic rings. The summed E-state index contributed by atoms with van der Waals surface area (Å²) >= 11 is 0. The Morgan fingerprint density at radius 3 is 1.60 bits per heavy atom. The lowest BCUT2D eigenvalue weighted by Gasteiger charge is -2.09. The molecule has 1 nitrogen and oxygen atoms in total. The van der Waals surface area contributed by atoms with Crippen molar-refractivity contribution in [2.24, 2.45) is 0 Å². The Bertz CT molecular complexity index is 711. The van der Waals surface area contributed by atoms with Crippen molar-refractivity contribution in [3.05, 3.63) is 77.1 Å². The van der Waals surface area contributed by atoms with Gasteiger partial charge in [0.2, 0.25) is 0 Å². The third-order valence-corrected chi connectivity index (χ3v) is 4.27. The van der Waals surface area contributed by atoms with Crippen LogP contribution < -0.4 is 0 Å². The van der Waals surface area contributed by atoms with Crippen LogP contribution in [0.4, 0.5) is 0 Å². The zero-order valence-electron chi connectivity index (χ0n) is 11.5. The highest BCUT2D eigenvalue weighted by molar-refractivity contribution is 5.88. The quantitative estimate of drug-likeness (QED) is 0.592. The van der Waals surface area contributed by atoms with Crippen LogP contribution >= 0.6 is 0 Å². The van der Waals surface area contributed by atoms with E-state index in [9.17, 15) is 0 Å². The molecule has 20 heavy (non-hydrogen) atoms. The molecule has 0 atom stereocenters. The molecular weight excluding hydrogens is 242 g/mol. The van der Waals surface area contributed by atoms with Gasteiger partial charge in [0.1, 0.15) is 0 Å². The fourth-order valence-corrected chi connectivity index (χ4v) is 3.21. The normalized spacial score (nSPS) is 14.2. The molecule has 0 radical (unpaired) electrons. The maximum atomic E-state index is 4.79. The molecule has 0 saturated carbocycles. The highest BCUT2D eigenvalue weighted by Gasteiger charge is 2.08. The topological polar surface area (TPSA) is 12.9 Å². The van der Waals surface area contributed by atoms with E-state index in [1.807, 2.05) is 0 Å². The van der Waals surface area contributed by atoms with Crippen LogP contribution in [0.15, 0.2) is 54.6 Å². The van der Waals surface area contributed by atoms with Crippen LogP contribution in [0.25, 0.3) is 10.8 Å². The number of hydrogen-bond acceptors (Lipinski definition) is 1. The monoisotopic (exact) mass is 259 g/mol. The Morgan fingerprint density at radius 1 is 0.550 bits per heavy atom. The summed E-state index contributed by atoms with van der Waals surface area (Å²) in [5.41, 5.74) is 5.32. The second-order valence-electron chi connectivity index (χ2n) is 5.55. The van der Waals surface area contributed by atoms with Gasteiger partial charge < -0.3 is 0 Å². The molecule has 0 aliphatic carbocycles. The average molecular weight is 259 g/mol. The Balaban J connectivity index is 1.92. The van der Waals surface area contributed by atoms with Crippen LogP contribution in [0.5, 0.6) is 0 Å². The minimum atomic E-state index is 1.02. The molecule has 2 heterocycles. The highest BCUT2D eigenvalue weighted by atomic mass is 14.7. The van der Waals surface area contributed by atoms with Crippen molar-refractivity contribution in [3.8, 4) is 0 Å². The summed E-state index contributed by atoms with van der Waals surface area (Å²) < 4.78 is 0. The van der Waals surface area contributed by atoms with Gasteiger partial charge in [-0.2, -0.15) is 0 Å². The molecular formula is C19H17N. The number of fused-ring (bicyclic) bond motifs is 2. The van der Waals surface area contributed by atoms with Gasteiger partial charge in [-0.3, -0.25) is 4.98 Å². The van der Waals surface area contributed by atoms with Gasteiger partial charge in [-0.15, -0.1) is 0 Å². The first-order valence-corrected chi connectivity index (χ1v) is 7.34. The average Bonchev–Trinajstić information content (AvgIpc) is 2.51. The largest absolute Gasteiger partial charge is 0.258 e. The molecule has 2 aromatic carbocycles. The number of hydrogen-bond donors (Lipinski definition) is 0. The lowest BCUT2D eigenvalue weighted by molar-refractivity contribution is 0.866. The Labute approximate surface area is 119 Å². The van der Waals surface area contributed by atoms with E-state index in [0.717, 1.165) is 25.7 Å². The number of aromatic nitrogens is 1. The van der Waals surface area contributed by atoms with Crippen molar-refractivity contribution in [1.29, 1.82) is 0 Å². The summed E-state index contributed by atoms with van der Waals surface area (Å²) in [5, 5.41) is 2.83. The Hall–Kier alpha value is -2.15. The van der Waals surface area contributed by atoms with E-state index in [4.69, 9.17) is 4.98 Å². The first-order chi connectivity index (χ1) is 9.90. The van der Waals surface area contributed by atoms with Crippen molar-refractivity contribution in [3.63, 3.8) is 0 Å². The summed E-state index contributed by atoms with van der Waals surface area (Å²) in [5.74, 6) is 0. The van der Waals surface area contributed by atoms with Crippen LogP contribution in [0.1, 0.15) is 22.5 Å². The van der Waals surface area contributed by atoms with E-state index in [1.54, 1.807) is 0 Å². The molecule has 3 aromatic rings. The molecule has 4 rings (SSSR count). The van der Waals surface area contributed by atoms with Gasteiger partial charge in [-0.05, 0) is 59.7 Å². The summed E-state index contributed by atoms with van der Waals surface area (Å²) in [6.07, 6.45) is 4.18. The van der Waals surface area contributed by atoms with Gasteiger partial charge in [-0.1, -0.05) is 42.5 Å². The molecule has 1 heteroatoms. The van der Waals surface area contributed by atoms with E-state index in [2.05, 4.69) is 54.6 Å². The molecule has 0 amide bonds. The highest BCUT2D eigenvalue weighted by Crippen LogP contribution is 2.25. The molecule has 0 saturated heterocycles. The number of nitrogens with zero attached hydrogens (tertiary/aromatic N) is 1. The molecule has 0 spiro atoms. The predicted octanol–water partition coefficient (Wildman–Crippen LogP) is 4.12. The third-order valence-electron chi connectivity index (χ3n) is 4.27. The summed E-state index contributed by atoms with van der Waals surface area (Å²) in [4.78, 5) is 4.79.